The van der Waals surface area contributed by atoms with Crippen molar-refractivity contribution < 1.29 is 4.79 Å². The molecule has 1 aliphatic carbocycles. The zero-order valence-corrected chi connectivity index (χ0v) is 13.9. The Morgan fingerprint density at radius 1 is 1.41 bits per heavy atom. The van der Waals surface area contributed by atoms with E-state index >= 15 is 0 Å². The predicted octanol–water partition coefficient (Wildman–Crippen LogP) is 3.45. The Hall–Kier alpha value is -1.89. The average molecular weight is 299 g/mol. The molecule has 4 heteroatoms. The largest absolute Gasteiger partial charge is 0.348 e. The summed E-state index contributed by atoms with van der Waals surface area (Å²) >= 11 is 0. The highest BCUT2D eigenvalue weighted by atomic mass is 16.1. The van der Waals surface area contributed by atoms with E-state index in [4.69, 9.17) is 5.26 Å². The van der Waals surface area contributed by atoms with E-state index in [9.17, 15) is 4.79 Å². The van der Waals surface area contributed by atoms with E-state index in [1.165, 1.54) is 12.8 Å². The molecule has 1 aliphatic rings. The first kappa shape index (κ1) is 16.5. The molecule has 0 aliphatic heterocycles. The number of nitriles is 1. The molecule has 1 saturated carbocycles. The number of aromatic nitrogens is 1. The Kier molecular flexibility index (Phi) is 5.18. The average Bonchev–Trinajstić information content (AvgIpc) is 2.46. The van der Waals surface area contributed by atoms with Gasteiger partial charge in [0.05, 0.1) is 11.3 Å². The number of rotatable bonds is 3. The number of aryl methyl sites for hydroxylation is 1. The normalized spacial score (nSPS) is 24.8. The number of amides is 1. The zero-order valence-electron chi connectivity index (χ0n) is 13.9. The standard InChI is InChI=1S/C18H25N3O/c1-11(2)15-7-5-12(3)9-17(15)21-18(22)16-8-6-14(10-19)13(4)20-16/h6,8,11-12,15,17H,5,7,9H2,1-4H3,(H,21,22). The Bertz CT molecular complexity index is 588. The molecule has 2 rings (SSSR count). The van der Waals surface area contributed by atoms with Gasteiger partial charge >= 0.3 is 0 Å². The smallest absolute Gasteiger partial charge is 0.270 e. The van der Waals surface area contributed by atoms with Gasteiger partial charge in [-0.05, 0) is 49.7 Å². The van der Waals surface area contributed by atoms with Crippen molar-refractivity contribution in [1.29, 1.82) is 5.26 Å². The summed E-state index contributed by atoms with van der Waals surface area (Å²) in [5.41, 5.74) is 1.52. The van der Waals surface area contributed by atoms with Crippen molar-refractivity contribution in [1.82, 2.24) is 10.3 Å². The van der Waals surface area contributed by atoms with Crippen LogP contribution in [-0.4, -0.2) is 16.9 Å². The Balaban J connectivity index is 2.12. The fourth-order valence-corrected chi connectivity index (χ4v) is 3.42. The Labute approximate surface area is 132 Å². The van der Waals surface area contributed by atoms with E-state index in [2.05, 4.69) is 37.1 Å². The lowest BCUT2D eigenvalue weighted by molar-refractivity contribution is 0.0862. The summed E-state index contributed by atoms with van der Waals surface area (Å²) < 4.78 is 0. The van der Waals surface area contributed by atoms with Crippen LogP contribution in [0.15, 0.2) is 12.1 Å². The van der Waals surface area contributed by atoms with E-state index in [1.54, 1.807) is 19.1 Å². The van der Waals surface area contributed by atoms with Gasteiger partial charge in [0.2, 0.25) is 0 Å². The minimum Gasteiger partial charge on any atom is -0.348 e. The summed E-state index contributed by atoms with van der Waals surface area (Å²) in [7, 11) is 0. The first-order chi connectivity index (χ1) is 10.4. The molecule has 0 radical (unpaired) electrons. The van der Waals surface area contributed by atoms with Crippen molar-refractivity contribution in [2.45, 2.75) is 53.0 Å². The molecule has 0 aromatic carbocycles. The summed E-state index contributed by atoms with van der Waals surface area (Å²) in [6.45, 7) is 8.46. The maximum absolute atomic E-state index is 12.5. The minimum atomic E-state index is -0.127. The molecular formula is C18H25N3O. The molecule has 1 amide bonds. The highest BCUT2D eigenvalue weighted by Gasteiger charge is 2.32. The van der Waals surface area contributed by atoms with Gasteiger partial charge in [-0.15, -0.1) is 0 Å². The van der Waals surface area contributed by atoms with Crippen molar-refractivity contribution in [2.24, 2.45) is 17.8 Å². The van der Waals surface area contributed by atoms with Crippen molar-refractivity contribution in [3.63, 3.8) is 0 Å². The second-order valence-electron chi connectivity index (χ2n) is 6.85. The molecule has 1 aromatic heterocycles. The predicted molar refractivity (Wildman–Crippen MR) is 86.3 cm³/mol. The van der Waals surface area contributed by atoms with Gasteiger partial charge in [0.25, 0.3) is 5.91 Å². The SMILES string of the molecule is Cc1nc(C(=O)NC2CC(C)CCC2C(C)C)ccc1C#N. The van der Waals surface area contributed by atoms with E-state index in [-0.39, 0.29) is 11.9 Å². The molecule has 22 heavy (non-hydrogen) atoms. The molecule has 1 fully saturated rings. The van der Waals surface area contributed by atoms with Crippen molar-refractivity contribution in [3.05, 3.63) is 29.1 Å². The third-order valence-corrected chi connectivity index (χ3v) is 4.78. The topological polar surface area (TPSA) is 65.8 Å². The molecule has 1 N–H and O–H groups in total. The van der Waals surface area contributed by atoms with Crippen molar-refractivity contribution in [2.75, 3.05) is 0 Å². The molecule has 3 atom stereocenters. The summed E-state index contributed by atoms with van der Waals surface area (Å²) in [5, 5.41) is 12.1. The highest BCUT2D eigenvalue weighted by molar-refractivity contribution is 5.92. The lowest BCUT2D eigenvalue weighted by Crippen LogP contribution is -2.45. The maximum atomic E-state index is 12.5. The summed E-state index contributed by atoms with van der Waals surface area (Å²) in [4.78, 5) is 16.7. The van der Waals surface area contributed by atoms with Gasteiger partial charge in [0, 0.05) is 6.04 Å². The van der Waals surface area contributed by atoms with E-state index in [0.29, 0.717) is 34.7 Å². The van der Waals surface area contributed by atoms with Crippen molar-refractivity contribution in [3.8, 4) is 6.07 Å². The lowest BCUT2D eigenvalue weighted by Gasteiger charge is -2.37. The number of pyridine rings is 1. The highest BCUT2D eigenvalue weighted by Crippen LogP contribution is 2.33. The number of carbonyl (C=O) groups is 1. The first-order valence-corrected chi connectivity index (χ1v) is 8.11. The summed E-state index contributed by atoms with van der Waals surface area (Å²) in [6.07, 6.45) is 3.44. The van der Waals surface area contributed by atoms with Crippen LogP contribution in [0.25, 0.3) is 0 Å². The molecular weight excluding hydrogens is 274 g/mol. The van der Waals surface area contributed by atoms with Crippen LogP contribution in [0.4, 0.5) is 0 Å². The van der Waals surface area contributed by atoms with Gasteiger partial charge in [-0.1, -0.05) is 27.2 Å². The monoisotopic (exact) mass is 299 g/mol. The Morgan fingerprint density at radius 3 is 2.73 bits per heavy atom. The molecule has 4 nitrogen and oxygen atoms in total. The third kappa shape index (κ3) is 3.65. The maximum Gasteiger partial charge on any atom is 0.270 e. The lowest BCUT2D eigenvalue weighted by atomic mass is 9.74. The van der Waals surface area contributed by atoms with Crippen molar-refractivity contribution >= 4 is 5.91 Å². The number of hydrogen-bond donors (Lipinski definition) is 1. The van der Waals surface area contributed by atoms with Gasteiger partial charge in [-0.2, -0.15) is 5.26 Å². The van der Waals surface area contributed by atoms with Gasteiger partial charge in [0.1, 0.15) is 11.8 Å². The van der Waals surface area contributed by atoms with Crippen LogP contribution in [0.3, 0.4) is 0 Å². The summed E-state index contributed by atoms with van der Waals surface area (Å²) in [6, 6.07) is 5.60. The molecule has 0 bridgehead atoms. The number of nitrogens with zero attached hydrogens (tertiary/aromatic N) is 2. The zero-order chi connectivity index (χ0) is 16.3. The third-order valence-electron chi connectivity index (χ3n) is 4.78. The molecule has 0 saturated heterocycles. The number of nitrogens with one attached hydrogen (secondary N) is 1. The van der Waals surface area contributed by atoms with Gasteiger partial charge in [0.15, 0.2) is 0 Å². The van der Waals surface area contributed by atoms with Crippen LogP contribution >= 0.6 is 0 Å². The van der Waals surface area contributed by atoms with E-state index in [1.807, 2.05) is 0 Å². The number of hydrogen-bond acceptors (Lipinski definition) is 3. The molecule has 1 aromatic rings. The van der Waals surface area contributed by atoms with Crippen LogP contribution in [0.5, 0.6) is 0 Å². The molecule has 1 heterocycles. The molecule has 118 valence electrons. The van der Waals surface area contributed by atoms with Gasteiger partial charge in [-0.25, -0.2) is 4.98 Å². The van der Waals surface area contributed by atoms with Crippen LogP contribution in [-0.2, 0) is 0 Å². The van der Waals surface area contributed by atoms with E-state index < -0.39 is 0 Å². The van der Waals surface area contributed by atoms with Crippen LogP contribution in [0.2, 0.25) is 0 Å². The fourth-order valence-electron chi connectivity index (χ4n) is 3.42. The van der Waals surface area contributed by atoms with E-state index in [0.717, 1.165) is 6.42 Å². The molecule has 3 unspecified atom stereocenters. The van der Waals surface area contributed by atoms with Crippen LogP contribution < -0.4 is 5.32 Å². The number of carbonyl (C=O) groups excluding carboxylic acids is 1. The quantitative estimate of drug-likeness (QED) is 0.929. The minimum absolute atomic E-state index is 0.127. The fraction of sp³-hybridized carbons (Fsp3) is 0.611. The van der Waals surface area contributed by atoms with Gasteiger partial charge < -0.3 is 5.32 Å². The van der Waals surface area contributed by atoms with Crippen LogP contribution in [0, 0.1) is 36.0 Å². The molecule has 0 spiro atoms. The van der Waals surface area contributed by atoms with Gasteiger partial charge in [-0.3, -0.25) is 4.79 Å². The second-order valence-corrected chi connectivity index (χ2v) is 6.85. The Morgan fingerprint density at radius 2 is 2.14 bits per heavy atom. The van der Waals surface area contributed by atoms with Crippen LogP contribution in [0.1, 0.15) is 61.8 Å². The summed E-state index contributed by atoms with van der Waals surface area (Å²) in [5.74, 6) is 1.61. The second kappa shape index (κ2) is 6.91. The first-order valence-electron chi connectivity index (χ1n) is 8.11.